The highest BCUT2D eigenvalue weighted by Crippen LogP contribution is 2.19. The topological polar surface area (TPSA) is 62.9 Å². The molecule has 2 heterocycles. The first-order valence-electron chi connectivity index (χ1n) is 8.76. The minimum Gasteiger partial charge on any atom is -0.490 e. The van der Waals surface area contributed by atoms with Gasteiger partial charge in [-0.3, -0.25) is 4.98 Å². The zero-order chi connectivity index (χ0) is 18.2. The highest BCUT2D eigenvalue weighted by molar-refractivity contribution is 14.0. The highest BCUT2D eigenvalue weighted by Gasteiger charge is 2.10. The Bertz CT molecular complexity index is 818. The number of halogens is 1. The molecule has 0 saturated carbocycles. The maximum absolute atomic E-state index is 5.89. The van der Waals surface area contributed by atoms with Gasteiger partial charge in [0, 0.05) is 25.2 Å². The number of para-hydroxylation sites is 1. The lowest BCUT2D eigenvalue weighted by Gasteiger charge is -2.21. The molecule has 2 aromatic heterocycles. The van der Waals surface area contributed by atoms with Crippen LogP contribution in [0.1, 0.15) is 12.7 Å². The predicted octanol–water partition coefficient (Wildman–Crippen LogP) is 3.92. The van der Waals surface area contributed by atoms with Crippen LogP contribution in [0.3, 0.4) is 0 Å². The summed E-state index contributed by atoms with van der Waals surface area (Å²) in [7, 11) is 2.00. The second kappa shape index (κ2) is 10.8. The van der Waals surface area contributed by atoms with Crippen molar-refractivity contribution < 1.29 is 9.15 Å². The Kier molecular flexibility index (Phi) is 8.38. The Hall–Kier alpha value is -2.29. The van der Waals surface area contributed by atoms with Crippen LogP contribution in [-0.2, 0) is 6.54 Å². The van der Waals surface area contributed by atoms with Crippen LogP contribution in [0.2, 0.25) is 0 Å². The fraction of sp³-hybridized carbons (Fsp3) is 0.300. The van der Waals surface area contributed by atoms with Gasteiger partial charge in [0.25, 0.3) is 0 Å². The molecule has 3 rings (SSSR count). The standard InChI is InChI=1S/C20H24N4O2.HI/c1-3-22-20(23-11-12-25-17-8-6-10-21-14-17)24(2)15-18-13-16-7-4-5-9-19(16)26-18;/h4-10,13-14H,3,11-12,15H2,1-2H3,(H,22,23);1H. The zero-order valence-corrected chi connectivity index (χ0v) is 17.9. The van der Waals surface area contributed by atoms with Gasteiger partial charge in [-0.1, -0.05) is 18.2 Å². The quantitative estimate of drug-likeness (QED) is 0.241. The summed E-state index contributed by atoms with van der Waals surface area (Å²) in [5.74, 6) is 2.48. The average Bonchev–Trinajstić information content (AvgIpc) is 3.07. The Balaban J connectivity index is 0.00000261. The van der Waals surface area contributed by atoms with Crippen molar-refractivity contribution in [2.45, 2.75) is 13.5 Å². The molecular formula is C20H25IN4O2. The van der Waals surface area contributed by atoms with E-state index < -0.39 is 0 Å². The van der Waals surface area contributed by atoms with Crippen LogP contribution in [0, 0.1) is 0 Å². The molecule has 0 fully saturated rings. The van der Waals surface area contributed by atoms with Gasteiger partial charge in [0.2, 0.25) is 0 Å². The molecule has 0 aliphatic heterocycles. The number of hydrogen-bond acceptors (Lipinski definition) is 4. The number of aromatic nitrogens is 1. The first-order valence-corrected chi connectivity index (χ1v) is 8.76. The zero-order valence-electron chi connectivity index (χ0n) is 15.6. The average molecular weight is 480 g/mol. The molecule has 6 nitrogen and oxygen atoms in total. The molecular weight excluding hydrogens is 455 g/mol. The third kappa shape index (κ3) is 6.13. The predicted molar refractivity (Wildman–Crippen MR) is 119 cm³/mol. The second-order valence-electron chi connectivity index (χ2n) is 5.88. The van der Waals surface area contributed by atoms with E-state index in [-0.39, 0.29) is 24.0 Å². The minimum absolute atomic E-state index is 0. The Morgan fingerprint density at radius 1 is 1.26 bits per heavy atom. The molecule has 0 amide bonds. The van der Waals surface area contributed by atoms with E-state index >= 15 is 0 Å². The van der Waals surface area contributed by atoms with Crippen LogP contribution in [0.25, 0.3) is 11.0 Å². The first kappa shape index (κ1) is 21.0. The van der Waals surface area contributed by atoms with Gasteiger partial charge in [-0.05, 0) is 31.2 Å². The van der Waals surface area contributed by atoms with Gasteiger partial charge in [0.1, 0.15) is 23.7 Å². The first-order chi connectivity index (χ1) is 12.8. The number of ether oxygens (including phenoxy) is 1. The van der Waals surface area contributed by atoms with Crippen LogP contribution < -0.4 is 10.1 Å². The van der Waals surface area contributed by atoms with Crippen molar-refractivity contribution >= 4 is 40.9 Å². The van der Waals surface area contributed by atoms with Crippen molar-refractivity contribution in [3.05, 3.63) is 60.6 Å². The summed E-state index contributed by atoms with van der Waals surface area (Å²) in [6.07, 6.45) is 3.42. The number of benzene rings is 1. The molecule has 27 heavy (non-hydrogen) atoms. The smallest absolute Gasteiger partial charge is 0.194 e. The van der Waals surface area contributed by atoms with E-state index in [4.69, 9.17) is 9.15 Å². The van der Waals surface area contributed by atoms with Crippen LogP contribution >= 0.6 is 24.0 Å². The molecule has 144 valence electrons. The summed E-state index contributed by atoms with van der Waals surface area (Å²) in [4.78, 5) is 10.7. The van der Waals surface area contributed by atoms with Crippen molar-refractivity contribution in [2.75, 3.05) is 26.7 Å². The van der Waals surface area contributed by atoms with Crippen LogP contribution in [0.4, 0.5) is 0 Å². The van der Waals surface area contributed by atoms with Gasteiger partial charge >= 0.3 is 0 Å². The van der Waals surface area contributed by atoms with E-state index in [1.807, 2.05) is 42.3 Å². The number of furan rings is 1. The highest BCUT2D eigenvalue weighted by atomic mass is 127. The molecule has 0 saturated heterocycles. The van der Waals surface area contributed by atoms with Gasteiger partial charge in [0.15, 0.2) is 5.96 Å². The third-order valence-electron chi connectivity index (χ3n) is 3.82. The van der Waals surface area contributed by atoms with Crippen molar-refractivity contribution in [1.29, 1.82) is 0 Å². The molecule has 0 spiro atoms. The summed E-state index contributed by atoms with van der Waals surface area (Å²) in [6.45, 7) is 4.55. The lowest BCUT2D eigenvalue weighted by molar-refractivity contribution is 0.325. The molecule has 1 aromatic carbocycles. The number of fused-ring (bicyclic) bond motifs is 1. The molecule has 0 atom stereocenters. The number of hydrogen-bond donors (Lipinski definition) is 1. The van der Waals surface area contributed by atoms with Gasteiger partial charge < -0.3 is 19.4 Å². The summed E-state index contributed by atoms with van der Waals surface area (Å²) in [5.41, 5.74) is 0.905. The number of pyridine rings is 1. The Morgan fingerprint density at radius 3 is 2.85 bits per heavy atom. The largest absolute Gasteiger partial charge is 0.490 e. The van der Waals surface area contributed by atoms with Crippen molar-refractivity contribution in [3.8, 4) is 5.75 Å². The normalized spacial score (nSPS) is 11.1. The Labute approximate surface area is 176 Å². The maximum atomic E-state index is 5.89. The summed E-state index contributed by atoms with van der Waals surface area (Å²) in [6, 6.07) is 13.8. The molecule has 3 aromatic rings. The van der Waals surface area contributed by atoms with E-state index in [1.165, 1.54) is 0 Å². The van der Waals surface area contributed by atoms with E-state index in [1.54, 1.807) is 12.4 Å². The van der Waals surface area contributed by atoms with Crippen LogP contribution in [-0.4, -0.2) is 42.6 Å². The maximum Gasteiger partial charge on any atom is 0.194 e. The number of aliphatic imine (C=N–C) groups is 1. The van der Waals surface area contributed by atoms with Crippen LogP contribution in [0.5, 0.6) is 5.75 Å². The molecule has 0 bridgehead atoms. The molecule has 0 aliphatic carbocycles. The fourth-order valence-electron chi connectivity index (χ4n) is 2.64. The van der Waals surface area contributed by atoms with Crippen LogP contribution in [0.15, 0.2) is 64.3 Å². The molecule has 0 unspecified atom stereocenters. The van der Waals surface area contributed by atoms with Gasteiger partial charge in [-0.15, -0.1) is 24.0 Å². The van der Waals surface area contributed by atoms with E-state index in [2.05, 4.69) is 34.3 Å². The van der Waals surface area contributed by atoms with Gasteiger partial charge in [-0.25, -0.2) is 4.99 Å². The van der Waals surface area contributed by atoms with Crippen molar-refractivity contribution in [3.63, 3.8) is 0 Å². The summed E-state index contributed by atoms with van der Waals surface area (Å²) < 4.78 is 11.5. The number of nitrogens with zero attached hydrogens (tertiary/aromatic N) is 3. The molecule has 0 aliphatic rings. The van der Waals surface area contributed by atoms with Gasteiger partial charge in [0.05, 0.1) is 19.3 Å². The minimum atomic E-state index is 0. The lowest BCUT2D eigenvalue weighted by atomic mass is 10.2. The summed E-state index contributed by atoms with van der Waals surface area (Å²) in [5, 5.41) is 4.42. The van der Waals surface area contributed by atoms with Crippen molar-refractivity contribution in [1.82, 2.24) is 15.2 Å². The van der Waals surface area contributed by atoms with Crippen molar-refractivity contribution in [2.24, 2.45) is 4.99 Å². The number of guanidine groups is 1. The molecule has 0 radical (unpaired) electrons. The fourth-order valence-corrected chi connectivity index (χ4v) is 2.64. The van der Waals surface area contributed by atoms with Gasteiger partial charge in [-0.2, -0.15) is 0 Å². The molecule has 1 N–H and O–H groups in total. The lowest BCUT2D eigenvalue weighted by Crippen LogP contribution is -2.38. The second-order valence-corrected chi connectivity index (χ2v) is 5.88. The van der Waals surface area contributed by atoms with E-state index in [9.17, 15) is 0 Å². The number of rotatable bonds is 7. The summed E-state index contributed by atoms with van der Waals surface area (Å²) >= 11 is 0. The monoisotopic (exact) mass is 480 g/mol. The van der Waals surface area contributed by atoms with E-state index in [0.717, 1.165) is 35.0 Å². The molecule has 7 heteroatoms. The number of nitrogens with one attached hydrogen (secondary N) is 1. The SMILES string of the molecule is CCNC(=NCCOc1cccnc1)N(C)Cc1cc2ccccc2o1.I. The van der Waals surface area contributed by atoms with E-state index in [0.29, 0.717) is 19.7 Å². The third-order valence-corrected chi connectivity index (χ3v) is 3.82. The Morgan fingerprint density at radius 2 is 2.11 bits per heavy atom.